The molecule has 2 aromatic heterocycles. The molecule has 0 aliphatic carbocycles. The van der Waals surface area contributed by atoms with Crippen LogP contribution >= 0.6 is 22.9 Å². The largest absolute Gasteiger partial charge is 0.462 e. The number of hydrogen-bond donors (Lipinski definition) is 2. The first kappa shape index (κ1) is 26.6. The molecule has 7 rings (SSSR count). The summed E-state index contributed by atoms with van der Waals surface area (Å²) in [6, 6.07) is 6.34. The summed E-state index contributed by atoms with van der Waals surface area (Å²) < 4.78 is 76.9. The topological polar surface area (TPSA) is 103 Å². The molecule has 3 N–H and O–H groups in total. The fourth-order valence-electron chi connectivity index (χ4n) is 6.91. The van der Waals surface area contributed by atoms with Crippen LogP contribution in [0.4, 0.5) is 24.0 Å². The number of thiophene rings is 1. The highest BCUT2D eigenvalue weighted by molar-refractivity contribution is 7.23. The van der Waals surface area contributed by atoms with Crippen molar-refractivity contribution >= 4 is 54.7 Å². The smallest absolute Gasteiger partial charge is 0.319 e. The molecule has 3 aliphatic rings. The van der Waals surface area contributed by atoms with Gasteiger partial charge in [0.05, 0.1) is 16.9 Å². The Morgan fingerprint density at radius 2 is 2.07 bits per heavy atom. The number of ether oxygens (including phenoxy) is 1. The van der Waals surface area contributed by atoms with Crippen LogP contribution in [0.25, 0.3) is 32.1 Å². The van der Waals surface area contributed by atoms with Gasteiger partial charge in [0, 0.05) is 74.4 Å². The normalized spacial score (nSPS) is 25.8. The number of anilines is 2. The van der Waals surface area contributed by atoms with Crippen LogP contribution in [0.15, 0.2) is 30.1 Å². The van der Waals surface area contributed by atoms with Crippen molar-refractivity contribution in [3.8, 4) is 23.2 Å². The molecular weight excluding hydrogens is 623 g/mol. The monoisotopic (exact) mass is 656 g/mol. The van der Waals surface area contributed by atoms with E-state index in [2.05, 4.69) is 10.3 Å². The van der Waals surface area contributed by atoms with E-state index in [4.69, 9.17) is 31.2 Å². The highest BCUT2D eigenvalue weighted by Crippen LogP contribution is 2.46. The molecule has 0 unspecified atom stereocenters. The number of hydrogen-bond acceptors (Lipinski definition) is 9. The lowest BCUT2D eigenvalue weighted by Crippen LogP contribution is -2.51. The van der Waals surface area contributed by atoms with E-state index >= 15 is 8.78 Å². The van der Waals surface area contributed by atoms with Gasteiger partial charge in [-0.2, -0.15) is 15.2 Å². The molecule has 3 atom stereocenters. The molecule has 3 fully saturated rings. The first-order chi connectivity index (χ1) is 22.8. The van der Waals surface area contributed by atoms with Crippen molar-refractivity contribution in [2.45, 2.75) is 38.3 Å². The van der Waals surface area contributed by atoms with Crippen molar-refractivity contribution in [2.75, 3.05) is 50.4 Å². The fourth-order valence-corrected chi connectivity index (χ4v) is 8.13. The van der Waals surface area contributed by atoms with Crippen molar-refractivity contribution in [1.82, 2.24) is 20.2 Å². The number of nitriles is 1. The second-order valence-electron chi connectivity index (χ2n) is 12.2. The third-order valence-electron chi connectivity index (χ3n) is 9.17. The number of piperidine rings is 1. The maximum Gasteiger partial charge on any atom is 0.319 e. The molecule has 2 bridgehead atoms. The number of halogens is 4. The molecule has 8 nitrogen and oxygen atoms in total. The number of fused-ring (bicyclic) bond motifs is 4. The SMILES string of the molecule is [2H]C([2H])([2H])N1CC/C(=C\F)[C@](C)(COc2nc(N3C[C@H]4CC[C@@H](C3)N4)c3cc(Cl)c(-c4c(F)ccc5sc(N)c(C#N)c45)c(F)c3n2)C1. The third-order valence-corrected chi connectivity index (χ3v) is 10.5. The Hall–Kier alpha value is -3.63. The number of piperazine rings is 1. The second kappa shape index (κ2) is 11.3. The number of benzene rings is 2. The lowest BCUT2D eigenvalue weighted by Gasteiger charge is -2.40. The number of aromatic nitrogens is 2. The van der Waals surface area contributed by atoms with Crippen molar-refractivity contribution in [1.29, 1.82) is 5.26 Å². The molecule has 3 saturated heterocycles. The summed E-state index contributed by atoms with van der Waals surface area (Å²) >= 11 is 7.86. The van der Waals surface area contributed by atoms with Gasteiger partial charge in [-0.05, 0) is 50.0 Å². The summed E-state index contributed by atoms with van der Waals surface area (Å²) in [7, 11) is 0. The predicted octanol–water partition coefficient (Wildman–Crippen LogP) is 6.41. The van der Waals surface area contributed by atoms with Gasteiger partial charge in [-0.15, -0.1) is 11.3 Å². The zero-order chi connectivity index (χ0) is 34.1. The second-order valence-corrected chi connectivity index (χ2v) is 13.7. The minimum absolute atomic E-state index is 0.0107. The summed E-state index contributed by atoms with van der Waals surface area (Å²) in [5.74, 6) is -1.36. The molecule has 13 heteroatoms. The third kappa shape index (κ3) is 5.06. The highest BCUT2D eigenvalue weighted by atomic mass is 35.5. The van der Waals surface area contributed by atoms with E-state index in [9.17, 15) is 9.65 Å². The van der Waals surface area contributed by atoms with E-state index in [0.717, 1.165) is 24.2 Å². The zero-order valence-electron chi connectivity index (χ0n) is 27.3. The van der Waals surface area contributed by atoms with Gasteiger partial charge in [-0.3, -0.25) is 0 Å². The standard InChI is InChI=1S/C32H31ClF3N7OS/c1-32(14-42(2)8-7-16(32)10-34)15-44-31-40-28-19(30(41-31)43-12-17-3-4-18(13-43)39-17)9-21(33)25(27(28)36)26-22(35)5-6-23-24(26)20(11-37)29(38)45-23/h5-6,9-10,17-18,39H,3-4,7-8,12-15,38H2,1-2H3/b16-10+/t17-,18+,32-/m0/s1/i2D3. The van der Waals surface area contributed by atoms with Crippen LogP contribution in [0, 0.1) is 28.4 Å². The van der Waals surface area contributed by atoms with Crippen LogP contribution in [0.3, 0.4) is 0 Å². The Kier molecular flexibility index (Phi) is 6.68. The lowest BCUT2D eigenvalue weighted by molar-refractivity contribution is 0.109. The first-order valence-electron chi connectivity index (χ1n) is 16.1. The van der Waals surface area contributed by atoms with Gasteiger partial charge in [-0.1, -0.05) is 18.5 Å². The Morgan fingerprint density at radius 3 is 2.78 bits per heavy atom. The fraction of sp³-hybridized carbons (Fsp3) is 0.406. The average Bonchev–Trinajstić information content (AvgIpc) is 3.56. The molecule has 234 valence electrons. The van der Waals surface area contributed by atoms with Crippen molar-refractivity contribution in [2.24, 2.45) is 5.41 Å². The predicted molar refractivity (Wildman–Crippen MR) is 171 cm³/mol. The molecule has 3 aliphatic heterocycles. The van der Waals surface area contributed by atoms with Gasteiger partial charge in [0.2, 0.25) is 0 Å². The molecule has 0 amide bonds. The minimum atomic E-state index is -2.38. The number of nitrogens with one attached hydrogen (secondary N) is 1. The summed E-state index contributed by atoms with van der Waals surface area (Å²) in [6.45, 7) is 0.435. The first-order valence-corrected chi connectivity index (χ1v) is 15.8. The maximum atomic E-state index is 17.0. The van der Waals surface area contributed by atoms with Crippen molar-refractivity contribution in [3.63, 3.8) is 0 Å². The van der Waals surface area contributed by atoms with Crippen LogP contribution in [-0.2, 0) is 0 Å². The molecule has 0 saturated carbocycles. The molecule has 4 aromatic rings. The lowest BCUT2D eigenvalue weighted by atomic mass is 9.78. The van der Waals surface area contributed by atoms with Gasteiger partial charge in [-0.25, -0.2) is 13.2 Å². The van der Waals surface area contributed by atoms with Gasteiger partial charge in [0.1, 0.15) is 34.8 Å². The van der Waals surface area contributed by atoms with Crippen LogP contribution < -0.4 is 20.7 Å². The van der Waals surface area contributed by atoms with Gasteiger partial charge in [0.25, 0.3) is 0 Å². The molecule has 5 heterocycles. The quantitative estimate of drug-likeness (QED) is 0.254. The van der Waals surface area contributed by atoms with E-state index in [1.54, 1.807) is 6.92 Å². The minimum Gasteiger partial charge on any atom is -0.462 e. The molecule has 2 aromatic carbocycles. The van der Waals surface area contributed by atoms with E-state index in [1.807, 2.05) is 11.0 Å². The van der Waals surface area contributed by atoms with Crippen LogP contribution in [-0.4, -0.2) is 66.7 Å². The number of nitrogens with zero attached hydrogens (tertiary/aromatic N) is 5. The van der Waals surface area contributed by atoms with E-state index < -0.39 is 24.0 Å². The van der Waals surface area contributed by atoms with E-state index in [0.29, 0.717) is 35.5 Å². The summed E-state index contributed by atoms with van der Waals surface area (Å²) in [5, 5.41) is 13.9. The Morgan fingerprint density at radius 1 is 1.29 bits per heavy atom. The van der Waals surface area contributed by atoms with E-state index in [1.165, 1.54) is 23.1 Å². The maximum absolute atomic E-state index is 17.0. The summed E-state index contributed by atoms with van der Waals surface area (Å²) in [5.41, 5.74) is 4.75. The number of rotatable bonds is 5. The molecule has 0 radical (unpaired) electrons. The summed E-state index contributed by atoms with van der Waals surface area (Å²) in [6.07, 6.45) is 2.61. The Bertz CT molecular complexity index is 2020. The number of likely N-dealkylation sites (tertiary alicyclic amines) is 1. The van der Waals surface area contributed by atoms with Crippen LogP contribution in [0.5, 0.6) is 6.01 Å². The van der Waals surface area contributed by atoms with Gasteiger partial charge >= 0.3 is 6.01 Å². The number of nitrogen functional groups attached to an aromatic ring is 1. The molecule has 45 heavy (non-hydrogen) atoms. The molecule has 0 spiro atoms. The zero-order valence-corrected chi connectivity index (χ0v) is 25.8. The van der Waals surface area contributed by atoms with Crippen LogP contribution in [0.2, 0.25) is 5.02 Å². The van der Waals surface area contributed by atoms with Gasteiger partial charge < -0.3 is 25.6 Å². The van der Waals surface area contributed by atoms with Gasteiger partial charge in [0.15, 0.2) is 5.82 Å². The summed E-state index contributed by atoms with van der Waals surface area (Å²) in [4.78, 5) is 12.5. The Labute approximate surface area is 271 Å². The molecular formula is C32H31ClF3N7OS. The van der Waals surface area contributed by atoms with Crippen molar-refractivity contribution in [3.05, 3.63) is 52.3 Å². The average molecular weight is 657 g/mol. The Balaban J connectivity index is 1.38. The highest BCUT2D eigenvalue weighted by Gasteiger charge is 2.37. The van der Waals surface area contributed by atoms with Crippen LogP contribution in [0.1, 0.15) is 35.9 Å². The van der Waals surface area contributed by atoms with Crippen molar-refractivity contribution < 1.29 is 22.0 Å². The van der Waals surface area contributed by atoms with E-state index in [-0.39, 0.29) is 87.2 Å². The number of nitrogens with two attached hydrogens (primary N) is 1.